The number of unbranched alkanes of at least 4 members (excludes halogenated alkanes) is 1. The maximum atomic E-state index is 12.8. The smallest absolute Gasteiger partial charge is 0.232 e. The van der Waals surface area contributed by atoms with Crippen LogP contribution in [-0.4, -0.2) is 70.9 Å². The first-order chi connectivity index (χ1) is 13.5. The standard InChI is InChI=1S/C21H31N5O2/c1-21(2)16-6-7-17(21)19(28)26(18(16)27)11-4-3-10-24-12-14-25(15-13-24)20-22-8-5-9-23-20/h5,8-9,16-17H,3-4,6-7,10-15H2,1-2H3. The van der Waals surface area contributed by atoms with Gasteiger partial charge < -0.3 is 4.90 Å². The van der Waals surface area contributed by atoms with E-state index in [1.807, 2.05) is 6.07 Å². The highest BCUT2D eigenvalue weighted by Crippen LogP contribution is 2.52. The normalized spacial score (nSPS) is 27.5. The fourth-order valence-corrected chi connectivity index (χ4v) is 5.14. The molecule has 0 N–H and O–H groups in total. The Hall–Kier alpha value is -2.02. The van der Waals surface area contributed by atoms with Crippen LogP contribution in [-0.2, 0) is 9.59 Å². The number of anilines is 1. The van der Waals surface area contributed by atoms with Crippen LogP contribution in [0, 0.1) is 17.3 Å². The summed E-state index contributed by atoms with van der Waals surface area (Å²) in [5.41, 5.74) is -0.160. The monoisotopic (exact) mass is 385 g/mol. The number of aromatic nitrogens is 2. The second kappa shape index (κ2) is 7.78. The predicted octanol–water partition coefficient (Wildman–Crippen LogP) is 1.80. The topological polar surface area (TPSA) is 69.6 Å². The molecule has 2 saturated heterocycles. The summed E-state index contributed by atoms with van der Waals surface area (Å²) in [5, 5.41) is 0. The Labute approximate surface area is 167 Å². The fourth-order valence-electron chi connectivity index (χ4n) is 5.14. The molecule has 4 rings (SSSR count). The molecule has 28 heavy (non-hydrogen) atoms. The first-order valence-corrected chi connectivity index (χ1v) is 10.6. The van der Waals surface area contributed by atoms with Gasteiger partial charge in [-0.15, -0.1) is 0 Å². The van der Waals surface area contributed by atoms with Crippen LogP contribution < -0.4 is 4.90 Å². The molecule has 7 heteroatoms. The second-order valence-corrected chi connectivity index (χ2v) is 8.92. The molecule has 2 amide bonds. The second-order valence-electron chi connectivity index (χ2n) is 8.92. The van der Waals surface area contributed by atoms with E-state index in [0.29, 0.717) is 6.54 Å². The number of piperazine rings is 1. The van der Waals surface area contributed by atoms with E-state index in [9.17, 15) is 9.59 Å². The number of hydrogen-bond donors (Lipinski definition) is 0. The van der Waals surface area contributed by atoms with Crippen molar-refractivity contribution in [2.45, 2.75) is 39.5 Å². The van der Waals surface area contributed by atoms with E-state index < -0.39 is 0 Å². The number of imide groups is 1. The predicted molar refractivity (Wildman–Crippen MR) is 107 cm³/mol. The zero-order valence-electron chi connectivity index (χ0n) is 17.0. The maximum Gasteiger partial charge on any atom is 0.232 e. The summed E-state index contributed by atoms with van der Waals surface area (Å²) in [6.07, 6.45) is 7.20. The number of carbonyl (C=O) groups excluding carboxylic acids is 2. The minimum atomic E-state index is -0.160. The molecule has 0 aromatic carbocycles. The molecule has 152 valence electrons. The van der Waals surface area contributed by atoms with E-state index in [-0.39, 0.29) is 29.1 Å². The van der Waals surface area contributed by atoms with Crippen molar-refractivity contribution >= 4 is 17.8 Å². The SMILES string of the molecule is CC1(C)C2CCC1C(=O)N(CCCCN1CCN(c3ncccn3)CC1)C2=O. The number of piperidine rings is 1. The average Bonchev–Trinajstić information content (AvgIpc) is 2.95. The van der Waals surface area contributed by atoms with Crippen LogP contribution in [0.3, 0.4) is 0 Å². The molecule has 0 spiro atoms. The number of carbonyl (C=O) groups is 2. The van der Waals surface area contributed by atoms with Crippen molar-refractivity contribution in [2.24, 2.45) is 17.3 Å². The van der Waals surface area contributed by atoms with Crippen molar-refractivity contribution in [3.63, 3.8) is 0 Å². The molecular formula is C21H31N5O2. The van der Waals surface area contributed by atoms with Gasteiger partial charge in [-0.2, -0.15) is 0 Å². The Morgan fingerprint density at radius 3 is 2.11 bits per heavy atom. The third-order valence-corrected chi connectivity index (χ3v) is 6.98. The molecule has 2 atom stereocenters. The van der Waals surface area contributed by atoms with Gasteiger partial charge in [0.05, 0.1) is 0 Å². The van der Waals surface area contributed by atoms with Crippen LogP contribution in [0.4, 0.5) is 5.95 Å². The van der Waals surface area contributed by atoms with Crippen LogP contribution in [0.2, 0.25) is 0 Å². The summed E-state index contributed by atoms with van der Waals surface area (Å²) in [4.78, 5) is 40.4. The number of fused-ring (bicyclic) bond motifs is 2. The molecule has 1 aromatic rings. The molecule has 2 aliphatic heterocycles. The van der Waals surface area contributed by atoms with E-state index in [2.05, 4.69) is 33.6 Å². The minimum absolute atomic E-state index is 0.0310. The Morgan fingerprint density at radius 2 is 1.50 bits per heavy atom. The molecule has 3 heterocycles. The fraction of sp³-hybridized carbons (Fsp3) is 0.714. The van der Waals surface area contributed by atoms with Crippen molar-refractivity contribution in [3.05, 3.63) is 18.5 Å². The highest BCUT2D eigenvalue weighted by Gasteiger charge is 2.56. The van der Waals surface area contributed by atoms with Crippen molar-refractivity contribution < 1.29 is 9.59 Å². The van der Waals surface area contributed by atoms with Gasteiger partial charge >= 0.3 is 0 Å². The van der Waals surface area contributed by atoms with E-state index in [1.54, 1.807) is 17.3 Å². The Balaban J connectivity index is 1.20. The maximum absolute atomic E-state index is 12.8. The third-order valence-electron chi connectivity index (χ3n) is 6.98. The Bertz CT molecular complexity index is 689. The molecule has 2 unspecified atom stereocenters. The molecule has 7 nitrogen and oxygen atoms in total. The van der Waals surface area contributed by atoms with Crippen LogP contribution >= 0.6 is 0 Å². The zero-order valence-corrected chi connectivity index (χ0v) is 17.0. The van der Waals surface area contributed by atoms with E-state index >= 15 is 0 Å². The van der Waals surface area contributed by atoms with Crippen molar-refractivity contribution in [2.75, 3.05) is 44.2 Å². The lowest BCUT2D eigenvalue weighted by molar-refractivity contribution is -0.160. The Morgan fingerprint density at radius 1 is 0.929 bits per heavy atom. The molecule has 3 aliphatic rings. The minimum Gasteiger partial charge on any atom is -0.338 e. The summed E-state index contributed by atoms with van der Waals surface area (Å²) in [6, 6.07) is 1.84. The largest absolute Gasteiger partial charge is 0.338 e. The van der Waals surface area contributed by atoms with Gasteiger partial charge in [-0.25, -0.2) is 9.97 Å². The first kappa shape index (κ1) is 19.3. The molecule has 3 fully saturated rings. The first-order valence-electron chi connectivity index (χ1n) is 10.6. The van der Waals surface area contributed by atoms with E-state index in [4.69, 9.17) is 0 Å². The molecule has 1 saturated carbocycles. The number of amides is 2. The van der Waals surface area contributed by atoms with Gasteiger partial charge in [0, 0.05) is 57.0 Å². The number of likely N-dealkylation sites (tertiary alicyclic amines) is 1. The van der Waals surface area contributed by atoms with Crippen molar-refractivity contribution in [3.8, 4) is 0 Å². The van der Waals surface area contributed by atoms with Crippen LogP contribution in [0.15, 0.2) is 18.5 Å². The summed E-state index contributed by atoms with van der Waals surface area (Å²) >= 11 is 0. The molecule has 2 bridgehead atoms. The molecule has 0 radical (unpaired) electrons. The van der Waals surface area contributed by atoms with E-state index in [0.717, 1.165) is 64.4 Å². The number of hydrogen-bond acceptors (Lipinski definition) is 6. The van der Waals surface area contributed by atoms with E-state index in [1.165, 1.54) is 0 Å². The van der Waals surface area contributed by atoms with Gasteiger partial charge in [-0.05, 0) is 43.7 Å². The highest BCUT2D eigenvalue weighted by molar-refractivity contribution is 6.01. The van der Waals surface area contributed by atoms with Crippen molar-refractivity contribution in [1.29, 1.82) is 0 Å². The third kappa shape index (κ3) is 3.52. The highest BCUT2D eigenvalue weighted by atomic mass is 16.2. The lowest BCUT2D eigenvalue weighted by atomic mass is 9.71. The van der Waals surface area contributed by atoms with Crippen LogP contribution in [0.1, 0.15) is 39.5 Å². The van der Waals surface area contributed by atoms with Gasteiger partial charge in [-0.1, -0.05) is 13.8 Å². The lowest BCUT2D eigenvalue weighted by Crippen LogP contribution is -2.54. The summed E-state index contributed by atoms with van der Waals surface area (Å²) in [5.74, 6) is 1.01. The summed E-state index contributed by atoms with van der Waals surface area (Å²) in [6.45, 7) is 9.63. The average molecular weight is 386 g/mol. The van der Waals surface area contributed by atoms with Gasteiger partial charge in [0.15, 0.2) is 0 Å². The van der Waals surface area contributed by atoms with Crippen LogP contribution in [0.25, 0.3) is 0 Å². The van der Waals surface area contributed by atoms with Crippen molar-refractivity contribution in [1.82, 2.24) is 19.8 Å². The summed E-state index contributed by atoms with van der Waals surface area (Å²) < 4.78 is 0. The van der Waals surface area contributed by atoms with Gasteiger partial charge in [0.25, 0.3) is 0 Å². The quantitative estimate of drug-likeness (QED) is 0.549. The zero-order chi connectivity index (χ0) is 19.7. The van der Waals surface area contributed by atoms with Crippen LogP contribution in [0.5, 0.6) is 0 Å². The number of rotatable bonds is 6. The molecule has 1 aliphatic carbocycles. The number of nitrogens with zero attached hydrogens (tertiary/aromatic N) is 5. The van der Waals surface area contributed by atoms with Gasteiger partial charge in [-0.3, -0.25) is 19.4 Å². The Kier molecular flexibility index (Phi) is 5.36. The summed E-state index contributed by atoms with van der Waals surface area (Å²) in [7, 11) is 0. The van der Waals surface area contributed by atoms with Gasteiger partial charge in [0.1, 0.15) is 0 Å². The molecule has 1 aromatic heterocycles. The lowest BCUT2D eigenvalue weighted by Gasteiger charge is -2.41. The van der Waals surface area contributed by atoms with Gasteiger partial charge in [0.2, 0.25) is 17.8 Å². The molecular weight excluding hydrogens is 354 g/mol.